The Morgan fingerprint density at radius 3 is 2.67 bits per heavy atom. The number of nitrogens with one attached hydrogen (secondary N) is 1. The van der Waals surface area contributed by atoms with Gasteiger partial charge in [0.2, 0.25) is 0 Å². The fourth-order valence-corrected chi connectivity index (χ4v) is 1.49. The van der Waals surface area contributed by atoms with Gasteiger partial charge in [-0.3, -0.25) is 0 Å². The van der Waals surface area contributed by atoms with E-state index < -0.39 is 0 Å². The highest BCUT2D eigenvalue weighted by molar-refractivity contribution is 14.0. The highest BCUT2D eigenvalue weighted by Gasteiger charge is 1.97. The molecule has 18 heavy (non-hydrogen) atoms. The number of aliphatic imine (C=N–C) groups is 1. The predicted molar refractivity (Wildman–Crippen MR) is 89.6 cm³/mol. The molecule has 0 bridgehead atoms. The Kier molecular flexibility index (Phi) is 8.45. The standard InChI is InChI=1S/C14H21N3.HI/c1-11(2)10-17-14(15)16-9-8-13-7-5-4-6-12(13)3;/h4-7H,1,8-10H2,2-3H3,(H3,15,16,17);1H. The highest BCUT2D eigenvalue weighted by atomic mass is 127. The molecular weight excluding hydrogens is 337 g/mol. The smallest absolute Gasteiger partial charge is 0.188 e. The molecule has 0 heterocycles. The molecule has 3 nitrogen and oxygen atoms in total. The van der Waals surface area contributed by atoms with Crippen molar-refractivity contribution in [3.05, 3.63) is 47.5 Å². The number of benzene rings is 1. The van der Waals surface area contributed by atoms with Crippen molar-refractivity contribution in [3.8, 4) is 0 Å². The van der Waals surface area contributed by atoms with Crippen molar-refractivity contribution in [2.75, 3.05) is 13.1 Å². The lowest BCUT2D eigenvalue weighted by molar-refractivity contribution is 0.848. The van der Waals surface area contributed by atoms with Crippen molar-refractivity contribution >= 4 is 29.9 Å². The van der Waals surface area contributed by atoms with E-state index in [1.807, 2.05) is 6.92 Å². The van der Waals surface area contributed by atoms with Crippen molar-refractivity contribution < 1.29 is 0 Å². The SMILES string of the molecule is C=C(C)CN=C(N)NCCc1ccccc1C.I. The van der Waals surface area contributed by atoms with E-state index in [2.05, 4.69) is 48.1 Å². The van der Waals surface area contributed by atoms with E-state index in [4.69, 9.17) is 5.73 Å². The van der Waals surface area contributed by atoms with Gasteiger partial charge in [-0.05, 0) is 31.4 Å². The maximum absolute atomic E-state index is 5.72. The fraction of sp³-hybridized carbons (Fsp3) is 0.357. The van der Waals surface area contributed by atoms with Gasteiger partial charge in [0.05, 0.1) is 6.54 Å². The molecule has 0 unspecified atom stereocenters. The van der Waals surface area contributed by atoms with Crippen LogP contribution in [-0.2, 0) is 6.42 Å². The van der Waals surface area contributed by atoms with Crippen LogP contribution < -0.4 is 11.1 Å². The van der Waals surface area contributed by atoms with Crippen LogP contribution in [0.15, 0.2) is 41.4 Å². The first kappa shape index (κ1) is 17.0. The number of aryl methyl sites for hydroxylation is 1. The Hall–Kier alpha value is -1.04. The van der Waals surface area contributed by atoms with Gasteiger partial charge < -0.3 is 11.1 Å². The average Bonchev–Trinajstić information content (AvgIpc) is 2.29. The van der Waals surface area contributed by atoms with Crippen LogP contribution in [0.3, 0.4) is 0 Å². The summed E-state index contributed by atoms with van der Waals surface area (Å²) in [4.78, 5) is 4.16. The first-order chi connectivity index (χ1) is 8.09. The van der Waals surface area contributed by atoms with Crippen LogP contribution in [0.5, 0.6) is 0 Å². The van der Waals surface area contributed by atoms with Crippen LogP contribution in [0.1, 0.15) is 18.1 Å². The predicted octanol–water partition coefficient (Wildman–Crippen LogP) is 2.64. The average molecular weight is 359 g/mol. The van der Waals surface area contributed by atoms with Crippen LogP contribution in [0.2, 0.25) is 0 Å². The maximum Gasteiger partial charge on any atom is 0.188 e. The summed E-state index contributed by atoms with van der Waals surface area (Å²) in [7, 11) is 0. The summed E-state index contributed by atoms with van der Waals surface area (Å²) in [6.07, 6.45) is 0.954. The molecule has 0 aliphatic heterocycles. The third-order valence-corrected chi connectivity index (χ3v) is 2.48. The highest BCUT2D eigenvalue weighted by Crippen LogP contribution is 2.06. The largest absolute Gasteiger partial charge is 0.370 e. The minimum absolute atomic E-state index is 0. The van der Waals surface area contributed by atoms with E-state index in [0.717, 1.165) is 18.5 Å². The van der Waals surface area contributed by atoms with Gasteiger partial charge in [-0.1, -0.05) is 36.4 Å². The number of rotatable bonds is 5. The second kappa shape index (κ2) is 8.97. The summed E-state index contributed by atoms with van der Waals surface area (Å²) in [5.41, 5.74) is 9.38. The summed E-state index contributed by atoms with van der Waals surface area (Å²) in [6.45, 7) is 9.22. The first-order valence-corrected chi connectivity index (χ1v) is 5.82. The summed E-state index contributed by atoms with van der Waals surface area (Å²) < 4.78 is 0. The number of nitrogens with two attached hydrogens (primary N) is 1. The Bertz CT molecular complexity index is 413. The minimum atomic E-state index is 0. The Morgan fingerprint density at radius 1 is 1.39 bits per heavy atom. The Labute approximate surface area is 127 Å². The number of guanidine groups is 1. The molecule has 0 aliphatic rings. The first-order valence-electron chi connectivity index (χ1n) is 5.82. The molecule has 0 atom stereocenters. The summed E-state index contributed by atoms with van der Waals surface area (Å²) in [5, 5.41) is 3.10. The van der Waals surface area contributed by atoms with Gasteiger partial charge in [-0.2, -0.15) is 0 Å². The molecule has 1 aromatic carbocycles. The molecule has 0 amide bonds. The van der Waals surface area contributed by atoms with Crippen LogP contribution in [0.4, 0.5) is 0 Å². The molecule has 0 aliphatic carbocycles. The zero-order valence-corrected chi connectivity index (χ0v) is 13.4. The number of halogens is 1. The lowest BCUT2D eigenvalue weighted by Crippen LogP contribution is -2.33. The quantitative estimate of drug-likeness (QED) is 0.368. The van der Waals surface area contributed by atoms with Crippen LogP contribution in [0, 0.1) is 6.92 Å². The molecule has 0 spiro atoms. The van der Waals surface area contributed by atoms with Gasteiger partial charge in [-0.15, -0.1) is 24.0 Å². The molecular formula is C14H22IN3. The second-order valence-corrected chi connectivity index (χ2v) is 4.26. The van der Waals surface area contributed by atoms with Crippen molar-refractivity contribution in [1.29, 1.82) is 0 Å². The van der Waals surface area contributed by atoms with Crippen molar-refractivity contribution in [1.82, 2.24) is 5.32 Å². The van der Waals surface area contributed by atoms with Crippen molar-refractivity contribution in [2.24, 2.45) is 10.7 Å². The van der Waals surface area contributed by atoms with Crippen LogP contribution in [-0.4, -0.2) is 19.0 Å². The molecule has 1 rings (SSSR count). The van der Waals surface area contributed by atoms with Gasteiger partial charge in [0.25, 0.3) is 0 Å². The van der Waals surface area contributed by atoms with E-state index in [1.54, 1.807) is 0 Å². The monoisotopic (exact) mass is 359 g/mol. The van der Waals surface area contributed by atoms with Gasteiger partial charge in [0.15, 0.2) is 5.96 Å². The zero-order chi connectivity index (χ0) is 12.7. The summed E-state index contributed by atoms with van der Waals surface area (Å²) in [6, 6.07) is 8.36. The van der Waals surface area contributed by atoms with Crippen molar-refractivity contribution in [3.63, 3.8) is 0 Å². The second-order valence-electron chi connectivity index (χ2n) is 4.26. The lowest BCUT2D eigenvalue weighted by Gasteiger charge is -2.07. The summed E-state index contributed by atoms with van der Waals surface area (Å²) >= 11 is 0. The van der Waals surface area contributed by atoms with Crippen molar-refractivity contribution in [2.45, 2.75) is 20.3 Å². The zero-order valence-electron chi connectivity index (χ0n) is 11.1. The topological polar surface area (TPSA) is 50.4 Å². The van der Waals surface area contributed by atoms with E-state index in [-0.39, 0.29) is 24.0 Å². The van der Waals surface area contributed by atoms with Crippen LogP contribution in [0.25, 0.3) is 0 Å². The molecule has 1 aromatic rings. The van der Waals surface area contributed by atoms with Gasteiger partial charge in [-0.25, -0.2) is 4.99 Å². The molecule has 0 saturated heterocycles. The number of nitrogens with zero attached hydrogens (tertiary/aromatic N) is 1. The molecule has 0 aromatic heterocycles. The van der Waals surface area contributed by atoms with Crippen LogP contribution >= 0.6 is 24.0 Å². The lowest BCUT2D eigenvalue weighted by atomic mass is 10.1. The molecule has 3 N–H and O–H groups in total. The van der Waals surface area contributed by atoms with E-state index >= 15 is 0 Å². The third-order valence-electron chi connectivity index (χ3n) is 2.48. The Balaban J connectivity index is 0.00000289. The van der Waals surface area contributed by atoms with E-state index in [1.165, 1.54) is 11.1 Å². The normalized spacial score (nSPS) is 10.7. The maximum atomic E-state index is 5.72. The van der Waals surface area contributed by atoms with Gasteiger partial charge >= 0.3 is 0 Å². The molecule has 0 fully saturated rings. The number of hydrogen-bond acceptors (Lipinski definition) is 1. The van der Waals surface area contributed by atoms with Gasteiger partial charge in [0.1, 0.15) is 0 Å². The van der Waals surface area contributed by atoms with E-state index in [0.29, 0.717) is 12.5 Å². The van der Waals surface area contributed by atoms with Gasteiger partial charge in [0, 0.05) is 6.54 Å². The third kappa shape index (κ3) is 6.64. The molecule has 4 heteroatoms. The fourth-order valence-electron chi connectivity index (χ4n) is 1.49. The van der Waals surface area contributed by atoms with E-state index in [9.17, 15) is 0 Å². The Morgan fingerprint density at radius 2 is 2.06 bits per heavy atom. The molecule has 0 saturated carbocycles. The number of hydrogen-bond donors (Lipinski definition) is 2. The summed E-state index contributed by atoms with van der Waals surface area (Å²) in [5.74, 6) is 0.488. The molecule has 100 valence electrons. The minimum Gasteiger partial charge on any atom is -0.370 e. The molecule has 0 radical (unpaired) electrons.